The summed E-state index contributed by atoms with van der Waals surface area (Å²) in [6, 6.07) is 44.4. The molecular weight excluding hydrogens is 623 g/mol. The van der Waals surface area contributed by atoms with Gasteiger partial charge in [0.1, 0.15) is 6.07 Å². The second-order valence-corrected chi connectivity index (χ2v) is 13.0. The van der Waals surface area contributed by atoms with Crippen LogP contribution in [0.25, 0.3) is 60.8 Å². The van der Waals surface area contributed by atoms with Crippen molar-refractivity contribution in [1.82, 2.24) is 9.13 Å². The van der Waals surface area contributed by atoms with Gasteiger partial charge in [-0.15, -0.1) is 0 Å². The lowest BCUT2D eigenvalue weighted by atomic mass is 9.96. The molecule has 0 saturated carbocycles. The monoisotopic (exact) mass is 655 g/mol. The SMILES string of the molecule is C/C=C\C(=C(/C)n1c2ccccc2c2cc(C#N)ccc21)c1cccc(-c2ccc(C#N)c(-n3c4c(c5ccccc53)CC=CC(C#N)C4)c2)c1. The van der Waals surface area contributed by atoms with Crippen molar-refractivity contribution in [3.63, 3.8) is 0 Å². The van der Waals surface area contributed by atoms with Crippen molar-refractivity contribution in [2.75, 3.05) is 0 Å². The van der Waals surface area contributed by atoms with Crippen LogP contribution in [-0.2, 0) is 12.8 Å². The van der Waals surface area contributed by atoms with Crippen LogP contribution >= 0.6 is 0 Å². The molecule has 0 radical (unpaired) electrons. The van der Waals surface area contributed by atoms with E-state index in [1.54, 1.807) is 0 Å². The third-order valence-corrected chi connectivity index (χ3v) is 10.1. The first-order chi connectivity index (χ1) is 25.0. The van der Waals surface area contributed by atoms with Gasteiger partial charge in [0.25, 0.3) is 0 Å². The largest absolute Gasteiger partial charge is 0.313 e. The molecule has 1 aliphatic rings. The standard InChI is InChI=1S/C46H33N5/c1-3-10-37(30(2)50-42-17-6-5-15-40(42)41-23-32(28-48)19-22-44(41)50)35-13-9-12-33(25-35)34-20-21-36(29-49)45(26-34)51-43-18-7-4-14-38(43)39-16-8-11-31(27-47)24-46(39)51/h3-15,17-23,25-26,31H,16,24H2,1-2H3/b10-3-,37-30-. The maximum absolute atomic E-state index is 10.4. The van der Waals surface area contributed by atoms with Crippen LogP contribution in [0.5, 0.6) is 0 Å². The van der Waals surface area contributed by atoms with Gasteiger partial charge >= 0.3 is 0 Å². The topological polar surface area (TPSA) is 81.2 Å². The van der Waals surface area contributed by atoms with Gasteiger partial charge in [0, 0.05) is 39.5 Å². The minimum Gasteiger partial charge on any atom is -0.313 e. The third kappa shape index (κ3) is 5.23. The normalized spacial score (nSPS) is 14.6. The van der Waals surface area contributed by atoms with E-state index in [-0.39, 0.29) is 5.92 Å². The third-order valence-electron chi connectivity index (χ3n) is 10.1. The van der Waals surface area contributed by atoms with Crippen molar-refractivity contribution in [3.05, 3.63) is 161 Å². The second kappa shape index (κ2) is 12.9. The zero-order valence-electron chi connectivity index (χ0n) is 28.4. The maximum atomic E-state index is 10.4. The number of rotatable bonds is 5. The number of benzene rings is 5. The molecule has 0 amide bonds. The molecule has 5 heteroatoms. The molecule has 2 aromatic heterocycles. The Labute approximate surface area is 297 Å². The van der Waals surface area contributed by atoms with Crippen molar-refractivity contribution < 1.29 is 0 Å². The van der Waals surface area contributed by atoms with Gasteiger partial charge in [-0.05, 0) is 91.1 Å². The summed E-state index contributed by atoms with van der Waals surface area (Å²) in [5.74, 6) is -0.234. The number of aromatic nitrogens is 2. The summed E-state index contributed by atoms with van der Waals surface area (Å²) in [4.78, 5) is 0. The lowest BCUT2D eigenvalue weighted by molar-refractivity contribution is 0.778. The Balaban J connectivity index is 1.30. The van der Waals surface area contributed by atoms with Gasteiger partial charge in [-0.1, -0.05) is 85.0 Å². The predicted octanol–water partition coefficient (Wildman–Crippen LogP) is 10.9. The predicted molar refractivity (Wildman–Crippen MR) is 207 cm³/mol. The Morgan fingerprint density at radius 1 is 0.745 bits per heavy atom. The summed E-state index contributed by atoms with van der Waals surface area (Å²) in [7, 11) is 0. The summed E-state index contributed by atoms with van der Waals surface area (Å²) in [5.41, 5.74) is 12.8. The Hall–Kier alpha value is -6.87. The van der Waals surface area contributed by atoms with E-state index in [2.05, 4.69) is 119 Å². The number of hydrogen-bond acceptors (Lipinski definition) is 3. The second-order valence-electron chi connectivity index (χ2n) is 13.0. The molecule has 242 valence electrons. The van der Waals surface area contributed by atoms with E-state index in [0.717, 1.165) is 78.5 Å². The molecule has 0 spiro atoms. The Bertz CT molecular complexity index is 2760. The molecule has 0 saturated heterocycles. The summed E-state index contributed by atoms with van der Waals surface area (Å²) in [5, 5.41) is 33.2. The molecule has 5 nitrogen and oxygen atoms in total. The van der Waals surface area contributed by atoms with Crippen LogP contribution in [0.1, 0.15) is 41.8 Å². The molecule has 8 rings (SSSR count). The van der Waals surface area contributed by atoms with Crippen LogP contribution in [0.15, 0.2) is 133 Å². The van der Waals surface area contributed by atoms with Gasteiger partial charge in [0.2, 0.25) is 0 Å². The van der Waals surface area contributed by atoms with Crippen LogP contribution < -0.4 is 0 Å². The van der Waals surface area contributed by atoms with Crippen LogP contribution in [0.4, 0.5) is 0 Å². The van der Waals surface area contributed by atoms with E-state index >= 15 is 0 Å². The van der Waals surface area contributed by atoms with Gasteiger partial charge in [0.05, 0.1) is 51.4 Å². The highest BCUT2D eigenvalue weighted by atomic mass is 15.0. The molecule has 7 aromatic rings. The van der Waals surface area contributed by atoms with Gasteiger partial charge < -0.3 is 9.13 Å². The fourth-order valence-corrected chi connectivity index (χ4v) is 7.77. The molecule has 0 N–H and O–H groups in total. The van der Waals surface area contributed by atoms with Gasteiger partial charge in [-0.25, -0.2) is 0 Å². The van der Waals surface area contributed by atoms with Gasteiger partial charge in [0.15, 0.2) is 0 Å². The number of para-hydroxylation sites is 2. The molecule has 51 heavy (non-hydrogen) atoms. The number of fused-ring (bicyclic) bond motifs is 6. The van der Waals surface area contributed by atoms with Crippen molar-refractivity contribution in [2.45, 2.75) is 26.7 Å². The molecular formula is C46H33N5. The first-order valence-electron chi connectivity index (χ1n) is 17.1. The number of nitrogens with zero attached hydrogens (tertiary/aromatic N) is 5. The highest BCUT2D eigenvalue weighted by Gasteiger charge is 2.24. The zero-order valence-corrected chi connectivity index (χ0v) is 28.4. The smallest absolute Gasteiger partial charge is 0.101 e. The first-order valence-corrected chi connectivity index (χ1v) is 17.1. The average Bonchev–Trinajstić information content (AvgIpc) is 3.57. The average molecular weight is 656 g/mol. The molecule has 0 fully saturated rings. The number of allylic oxidation sites excluding steroid dienone is 6. The molecule has 5 aromatic carbocycles. The summed E-state index contributed by atoms with van der Waals surface area (Å²) in [6.45, 7) is 4.18. The summed E-state index contributed by atoms with van der Waals surface area (Å²) in [6.07, 6.45) is 9.66. The lowest BCUT2D eigenvalue weighted by Gasteiger charge is -2.17. The number of hydrogen-bond donors (Lipinski definition) is 0. The van der Waals surface area contributed by atoms with Crippen LogP contribution in [-0.4, -0.2) is 9.13 Å². The maximum Gasteiger partial charge on any atom is 0.101 e. The first kappa shape index (κ1) is 31.4. The summed E-state index contributed by atoms with van der Waals surface area (Å²) < 4.78 is 4.50. The van der Waals surface area contributed by atoms with Crippen molar-refractivity contribution in [2.24, 2.45) is 5.92 Å². The molecule has 0 aliphatic heterocycles. The minimum atomic E-state index is -0.234. The Kier molecular flexibility index (Phi) is 7.92. The Morgan fingerprint density at radius 2 is 1.51 bits per heavy atom. The quantitative estimate of drug-likeness (QED) is 0.137. The number of nitriles is 3. The van der Waals surface area contributed by atoms with E-state index in [1.165, 1.54) is 5.56 Å². The molecule has 1 atom stereocenters. The van der Waals surface area contributed by atoms with Gasteiger partial charge in [-0.2, -0.15) is 15.8 Å². The van der Waals surface area contributed by atoms with Crippen LogP contribution in [0.3, 0.4) is 0 Å². The van der Waals surface area contributed by atoms with Crippen molar-refractivity contribution in [3.8, 4) is 35.0 Å². The highest BCUT2D eigenvalue weighted by Crippen LogP contribution is 2.38. The van der Waals surface area contributed by atoms with E-state index in [1.807, 2.05) is 55.5 Å². The molecule has 2 heterocycles. The van der Waals surface area contributed by atoms with Crippen molar-refractivity contribution >= 4 is 44.0 Å². The highest BCUT2D eigenvalue weighted by molar-refractivity contribution is 6.12. The van der Waals surface area contributed by atoms with E-state index in [4.69, 9.17) is 0 Å². The zero-order chi connectivity index (χ0) is 35.1. The van der Waals surface area contributed by atoms with Crippen LogP contribution in [0, 0.1) is 39.9 Å². The molecule has 1 unspecified atom stereocenters. The van der Waals surface area contributed by atoms with E-state index in [0.29, 0.717) is 17.5 Å². The minimum absolute atomic E-state index is 0.234. The Morgan fingerprint density at radius 3 is 2.29 bits per heavy atom. The van der Waals surface area contributed by atoms with Crippen molar-refractivity contribution in [1.29, 1.82) is 15.8 Å². The van der Waals surface area contributed by atoms with E-state index < -0.39 is 0 Å². The summed E-state index contributed by atoms with van der Waals surface area (Å²) >= 11 is 0. The van der Waals surface area contributed by atoms with Gasteiger partial charge in [-0.3, -0.25) is 0 Å². The fraction of sp³-hybridized carbons (Fsp3) is 0.109. The fourth-order valence-electron chi connectivity index (χ4n) is 7.77. The van der Waals surface area contributed by atoms with E-state index in [9.17, 15) is 15.8 Å². The molecule has 0 bridgehead atoms. The molecule has 1 aliphatic carbocycles. The lowest BCUT2D eigenvalue weighted by Crippen LogP contribution is -2.07. The van der Waals surface area contributed by atoms with Crippen LogP contribution in [0.2, 0.25) is 0 Å².